The third-order valence-electron chi connectivity index (χ3n) is 3.89. The van der Waals surface area contributed by atoms with Crippen LogP contribution in [-0.2, 0) is 17.8 Å². The van der Waals surface area contributed by atoms with E-state index in [2.05, 4.69) is 20.3 Å². The minimum Gasteiger partial charge on any atom is -0.383 e. The number of amides is 1. The van der Waals surface area contributed by atoms with Crippen molar-refractivity contribution in [1.82, 2.24) is 24.8 Å². The van der Waals surface area contributed by atoms with Gasteiger partial charge in [0.05, 0.1) is 36.2 Å². The molecule has 2 heterocycles. The van der Waals surface area contributed by atoms with Crippen LogP contribution in [0.2, 0.25) is 0 Å². The van der Waals surface area contributed by atoms with Crippen LogP contribution in [0.25, 0.3) is 10.9 Å². The molecule has 0 radical (unpaired) electrons. The first-order chi connectivity index (χ1) is 13.0. The van der Waals surface area contributed by atoms with Gasteiger partial charge in [0.2, 0.25) is 0 Å². The average Bonchev–Trinajstić information content (AvgIpc) is 2.66. The summed E-state index contributed by atoms with van der Waals surface area (Å²) in [7, 11) is 1.50. The molecule has 0 fully saturated rings. The van der Waals surface area contributed by atoms with E-state index < -0.39 is 22.7 Å². The van der Waals surface area contributed by atoms with E-state index >= 15 is 0 Å². The minimum atomic E-state index is -0.646. The van der Waals surface area contributed by atoms with Crippen molar-refractivity contribution in [1.29, 1.82) is 0 Å². The Bertz CT molecular complexity index is 1160. The van der Waals surface area contributed by atoms with E-state index in [1.165, 1.54) is 17.9 Å². The van der Waals surface area contributed by atoms with Crippen molar-refractivity contribution in [3.8, 4) is 0 Å². The normalized spacial score (nSPS) is 10.9. The van der Waals surface area contributed by atoms with Crippen LogP contribution in [0.5, 0.6) is 0 Å². The molecule has 0 aliphatic rings. The van der Waals surface area contributed by atoms with E-state index in [-0.39, 0.29) is 24.5 Å². The van der Waals surface area contributed by atoms with Crippen LogP contribution >= 0.6 is 0 Å². The average molecular weight is 371 g/mol. The van der Waals surface area contributed by atoms with Crippen molar-refractivity contribution < 1.29 is 9.53 Å². The summed E-state index contributed by atoms with van der Waals surface area (Å²) in [4.78, 5) is 56.7. The fourth-order valence-corrected chi connectivity index (χ4v) is 2.49. The van der Waals surface area contributed by atoms with Crippen molar-refractivity contribution in [3.63, 3.8) is 0 Å². The second kappa shape index (κ2) is 7.79. The van der Waals surface area contributed by atoms with E-state index in [0.717, 1.165) is 0 Å². The number of fused-ring (bicyclic) bond motifs is 1. The number of nitrogens with one attached hydrogen (secondary N) is 3. The zero-order valence-corrected chi connectivity index (χ0v) is 14.4. The van der Waals surface area contributed by atoms with Gasteiger partial charge in [0.15, 0.2) is 5.82 Å². The van der Waals surface area contributed by atoms with E-state index in [1.54, 1.807) is 24.3 Å². The molecule has 3 aromatic rings. The Balaban J connectivity index is 1.81. The fraction of sp³-hybridized carbons (Fsp3) is 0.235. The van der Waals surface area contributed by atoms with Crippen molar-refractivity contribution in [2.24, 2.45) is 0 Å². The molecule has 0 aliphatic heterocycles. The molecule has 1 aromatic carbocycles. The van der Waals surface area contributed by atoms with Crippen molar-refractivity contribution in [2.45, 2.75) is 13.1 Å². The van der Waals surface area contributed by atoms with Crippen LogP contribution in [-0.4, -0.2) is 39.1 Å². The molecular formula is C17H17N5O5. The molecule has 0 aliphatic carbocycles. The van der Waals surface area contributed by atoms with E-state index in [1.807, 2.05) is 0 Å². The van der Waals surface area contributed by atoms with Gasteiger partial charge in [-0.1, -0.05) is 12.1 Å². The van der Waals surface area contributed by atoms with Gasteiger partial charge in [0.1, 0.15) is 0 Å². The lowest BCUT2D eigenvalue weighted by Crippen LogP contribution is -2.35. The van der Waals surface area contributed by atoms with E-state index in [9.17, 15) is 19.2 Å². The third-order valence-corrected chi connectivity index (χ3v) is 3.89. The van der Waals surface area contributed by atoms with E-state index in [4.69, 9.17) is 4.74 Å². The number of carbonyl (C=O) groups excluding carboxylic acids is 1. The van der Waals surface area contributed by atoms with Gasteiger partial charge in [0, 0.05) is 13.3 Å². The Morgan fingerprint density at radius 1 is 1.19 bits per heavy atom. The maximum absolute atomic E-state index is 12.3. The number of carbonyl (C=O) groups is 1. The molecule has 1 amide bonds. The summed E-state index contributed by atoms with van der Waals surface area (Å²) < 4.78 is 6.19. The Morgan fingerprint density at radius 3 is 2.74 bits per heavy atom. The van der Waals surface area contributed by atoms with Crippen molar-refractivity contribution in [3.05, 3.63) is 73.0 Å². The first-order valence-corrected chi connectivity index (χ1v) is 8.08. The zero-order chi connectivity index (χ0) is 19.4. The second-order valence-electron chi connectivity index (χ2n) is 5.71. The number of rotatable bonds is 6. The summed E-state index contributed by atoms with van der Waals surface area (Å²) in [5.74, 6) is -0.810. The lowest BCUT2D eigenvalue weighted by molar-refractivity contribution is 0.0940. The zero-order valence-electron chi connectivity index (χ0n) is 14.4. The minimum absolute atomic E-state index is 0.141. The summed E-state index contributed by atoms with van der Waals surface area (Å²) in [5, 5.41) is 2.88. The highest BCUT2D eigenvalue weighted by molar-refractivity contribution is 5.92. The molecule has 0 spiro atoms. The number of para-hydroxylation sites is 1. The molecule has 0 atom stereocenters. The third kappa shape index (κ3) is 4.01. The Labute approximate surface area is 151 Å². The summed E-state index contributed by atoms with van der Waals surface area (Å²) in [6.07, 6.45) is 1.36. The number of ether oxygens (including phenoxy) is 1. The van der Waals surface area contributed by atoms with Gasteiger partial charge < -0.3 is 15.0 Å². The van der Waals surface area contributed by atoms with Gasteiger partial charge >= 0.3 is 5.69 Å². The SMILES string of the molecule is COCCn1cc(CNC(=O)c2nc3ccccc3c(=O)[nH]2)c(=O)[nH]c1=O. The summed E-state index contributed by atoms with van der Waals surface area (Å²) in [6, 6.07) is 6.63. The van der Waals surface area contributed by atoms with Crippen LogP contribution in [0.15, 0.2) is 44.8 Å². The Hall–Kier alpha value is -3.53. The first-order valence-electron chi connectivity index (χ1n) is 8.08. The van der Waals surface area contributed by atoms with Gasteiger partial charge in [-0.25, -0.2) is 9.78 Å². The smallest absolute Gasteiger partial charge is 0.328 e. The predicted molar refractivity (Wildman–Crippen MR) is 96.7 cm³/mol. The molecule has 3 rings (SSSR count). The molecule has 3 N–H and O–H groups in total. The number of hydrogen-bond donors (Lipinski definition) is 3. The van der Waals surface area contributed by atoms with Crippen molar-refractivity contribution in [2.75, 3.05) is 13.7 Å². The number of hydrogen-bond acceptors (Lipinski definition) is 6. The van der Waals surface area contributed by atoms with Crippen LogP contribution in [0.4, 0.5) is 0 Å². The first kappa shape index (κ1) is 18.3. The topological polar surface area (TPSA) is 139 Å². The molecular weight excluding hydrogens is 354 g/mol. The van der Waals surface area contributed by atoms with Gasteiger partial charge in [-0.2, -0.15) is 0 Å². The van der Waals surface area contributed by atoms with Gasteiger partial charge in [0.25, 0.3) is 17.0 Å². The lowest BCUT2D eigenvalue weighted by atomic mass is 10.2. The molecule has 27 heavy (non-hydrogen) atoms. The molecule has 10 heteroatoms. The van der Waals surface area contributed by atoms with Crippen LogP contribution in [0.3, 0.4) is 0 Å². The molecule has 10 nitrogen and oxygen atoms in total. The predicted octanol–water partition coefficient (Wildman–Crippen LogP) is -0.650. The summed E-state index contributed by atoms with van der Waals surface area (Å²) in [6.45, 7) is 0.407. The van der Waals surface area contributed by atoms with Gasteiger partial charge in [-0.15, -0.1) is 0 Å². The number of benzene rings is 1. The van der Waals surface area contributed by atoms with Crippen LogP contribution in [0, 0.1) is 0 Å². The monoisotopic (exact) mass is 371 g/mol. The summed E-state index contributed by atoms with van der Waals surface area (Å²) in [5.41, 5.74) is -1.03. The molecule has 0 saturated heterocycles. The molecule has 0 saturated carbocycles. The number of H-pyrrole nitrogens is 2. The Kier molecular flexibility index (Phi) is 5.27. The highest BCUT2D eigenvalue weighted by Crippen LogP contribution is 2.05. The molecule has 2 aromatic heterocycles. The molecule has 140 valence electrons. The standard InChI is InChI=1S/C17H17N5O5/c1-27-7-6-22-9-10(14(23)21-17(22)26)8-18-16(25)13-19-12-5-3-2-4-11(12)15(24)20-13/h2-5,9H,6-8H2,1H3,(H,18,25)(H,19,20,24)(H,21,23,26). The molecule has 0 unspecified atom stereocenters. The van der Waals surface area contributed by atoms with Crippen LogP contribution < -0.4 is 22.1 Å². The van der Waals surface area contributed by atoms with Gasteiger partial charge in [-0.05, 0) is 12.1 Å². The van der Waals surface area contributed by atoms with Crippen LogP contribution in [0.1, 0.15) is 16.2 Å². The summed E-state index contributed by atoms with van der Waals surface area (Å²) >= 11 is 0. The fourth-order valence-electron chi connectivity index (χ4n) is 2.49. The highest BCUT2D eigenvalue weighted by Gasteiger charge is 2.12. The highest BCUT2D eigenvalue weighted by atomic mass is 16.5. The quantitative estimate of drug-likeness (QED) is 0.526. The maximum Gasteiger partial charge on any atom is 0.328 e. The largest absolute Gasteiger partial charge is 0.383 e. The van der Waals surface area contributed by atoms with Gasteiger partial charge in [-0.3, -0.25) is 23.9 Å². The second-order valence-corrected chi connectivity index (χ2v) is 5.71. The lowest BCUT2D eigenvalue weighted by Gasteiger charge is -2.08. The number of aromatic amines is 2. The van der Waals surface area contributed by atoms with Crippen molar-refractivity contribution >= 4 is 16.8 Å². The number of aromatic nitrogens is 4. The number of methoxy groups -OCH3 is 1. The maximum atomic E-state index is 12.3. The Morgan fingerprint density at radius 2 is 1.96 bits per heavy atom. The molecule has 0 bridgehead atoms. The van der Waals surface area contributed by atoms with E-state index in [0.29, 0.717) is 17.5 Å². The number of nitrogens with zero attached hydrogens (tertiary/aromatic N) is 2.